The van der Waals surface area contributed by atoms with Gasteiger partial charge in [0.05, 0.1) is 29.6 Å². The lowest BCUT2D eigenvalue weighted by Gasteiger charge is -2.27. The van der Waals surface area contributed by atoms with Gasteiger partial charge in [0.25, 0.3) is 5.91 Å². The number of methoxy groups -OCH3 is 1. The summed E-state index contributed by atoms with van der Waals surface area (Å²) in [5, 5.41) is 8.39. The molecule has 1 aliphatic heterocycles. The van der Waals surface area contributed by atoms with Gasteiger partial charge in [0.2, 0.25) is 0 Å². The van der Waals surface area contributed by atoms with Gasteiger partial charge in [0.1, 0.15) is 12.4 Å². The molecule has 0 saturated heterocycles. The molecular weight excluding hydrogens is 518 g/mol. The summed E-state index contributed by atoms with van der Waals surface area (Å²) in [6.45, 7) is -0.220. The minimum atomic E-state index is -4.50. The highest BCUT2D eigenvalue weighted by molar-refractivity contribution is 6.02. The van der Waals surface area contributed by atoms with E-state index in [9.17, 15) is 27.2 Å². The Morgan fingerprint density at radius 1 is 1.10 bits per heavy atom. The minimum absolute atomic E-state index is 0.0398. The first-order valence-corrected chi connectivity index (χ1v) is 12.1. The van der Waals surface area contributed by atoms with Crippen LogP contribution in [0.5, 0.6) is 0 Å². The summed E-state index contributed by atoms with van der Waals surface area (Å²) in [5.74, 6) is -0.906. The third kappa shape index (κ3) is 6.63. The first kappa shape index (κ1) is 27.8. The smallest absolute Gasteiger partial charge is 0.383 e. The van der Waals surface area contributed by atoms with Crippen LogP contribution < -0.4 is 5.32 Å². The van der Waals surface area contributed by atoms with Crippen molar-refractivity contribution in [1.29, 1.82) is 0 Å². The van der Waals surface area contributed by atoms with E-state index in [-0.39, 0.29) is 25.4 Å². The molecule has 1 atom stereocenters. The van der Waals surface area contributed by atoms with E-state index >= 15 is 0 Å². The van der Waals surface area contributed by atoms with Crippen LogP contribution >= 0.6 is 0 Å². The molecule has 3 amide bonds. The van der Waals surface area contributed by atoms with E-state index in [1.54, 1.807) is 12.1 Å². The Morgan fingerprint density at radius 2 is 1.79 bits per heavy atom. The lowest BCUT2D eigenvalue weighted by atomic mass is 10.0. The van der Waals surface area contributed by atoms with E-state index in [0.29, 0.717) is 17.7 Å². The molecule has 12 heteroatoms. The molecular formula is C27H27F4N5O3. The van der Waals surface area contributed by atoms with Gasteiger partial charge in [0, 0.05) is 39.0 Å². The highest BCUT2D eigenvalue weighted by Crippen LogP contribution is 2.33. The molecule has 0 aliphatic carbocycles. The predicted octanol–water partition coefficient (Wildman–Crippen LogP) is 5.04. The van der Waals surface area contributed by atoms with Crippen molar-refractivity contribution in [2.75, 3.05) is 32.1 Å². The van der Waals surface area contributed by atoms with Crippen LogP contribution in [0.4, 0.5) is 28.0 Å². The second-order valence-corrected chi connectivity index (χ2v) is 8.98. The summed E-state index contributed by atoms with van der Waals surface area (Å²) >= 11 is 0. The minimum Gasteiger partial charge on any atom is -0.383 e. The highest BCUT2D eigenvalue weighted by atomic mass is 19.4. The van der Waals surface area contributed by atoms with Crippen molar-refractivity contribution in [2.45, 2.75) is 18.6 Å². The van der Waals surface area contributed by atoms with Crippen LogP contribution in [0.15, 0.2) is 72.0 Å². The summed E-state index contributed by atoms with van der Waals surface area (Å²) in [4.78, 5) is 27.7. The zero-order chi connectivity index (χ0) is 28.2. The molecule has 8 nitrogen and oxygen atoms in total. The van der Waals surface area contributed by atoms with Gasteiger partial charge in [-0.2, -0.15) is 18.3 Å². The summed E-state index contributed by atoms with van der Waals surface area (Å²) in [6.07, 6.45) is -2.27. The van der Waals surface area contributed by atoms with E-state index < -0.39 is 35.5 Å². The van der Waals surface area contributed by atoms with Crippen LogP contribution in [0.1, 0.15) is 29.3 Å². The number of carbonyl (C=O) groups is 2. The molecule has 2 aromatic carbocycles. The fourth-order valence-corrected chi connectivity index (χ4v) is 4.24. The van der Waals surface area contributed by atoms with Gasteiger partial charge in [-0.05, 0) is 54.1 Å². The molecule has 4 rings (SSSR count). The molecule has 0 spiro atoms. The number of amides is 3. The molecule has 1 N–H and O–H groups in total. The molecule has 0 saturated carbocycles. The molecule has 39 heavy (non-hydrogen) atoms. The predicted molar refractivity (Wildman–Crippen MR) is 136 cm³/mol. The lowest BCUT2D eigenvalue weighted by Crippen LogP contribution is -2.44. The quantitative estimate of drug-likeness (QED) is 0.403. The first-order chi connectivity index (χ1) is 18.6. The first-order valence-electron chi connectivity index (χ1n) is 12.1. The molecule has 0 radical (unpaired) electrons. The molecule has 1 aromatic heterocycles. The van der Waals surface area contributed by atoms with Gasteiger partial charge in [-0.1, -0.05) is 12.1 Å². The van der Waals surface area contributed by atoms with E-state index in [1.165, 1.54) is 29.2 Å². The van der Waals surface area contributed by atoms with Crippen LogP contribution in [0.25, 0.3) is 0 Å². The number of ether oxygens (including phenoxy) is 1. The number of aromatic nitrogens is 1. The summed E-state index contributed by atoms with van der Waals surface area (Å²) < 4.78 is 59.2. The third-order valence-corrected chi connectivity index (χ3v) is 6.30. The molecule has 2 heterocycles. The Kier molecular flexibility index (Phi) is 8.34. The fourth-order valence-electron chi connectivity index (χ4n) is 4.24. The summed E-state index contributed by atoms with van der Waals surface area (Å²) in [5.41, 5.74) is 1.43. The van der Waals surface area contributed by atoms with Gasteiger partial charge in [0.15, 0.2) is 0 Å². The standard InChI is InChI=1S/C27H27F4N5O3/c1-34-13-3-4-23(34)22-16-24(18-5-9-20(28)10-6-18)36(33-22)25(37)17-35(14-15-39-2)26(38)32-21-11-7-19(8-12-21)27(29,30)31/h3-13,24H,14-17H2,1-2H3,(H,32,38)/t24-/m1/s1. The number of carbonyl (C=O) groups excluding carboxylic acids is 2. The number of aryl methyl sites for hydroxylation is 1. The van der Waals surface area contributed by atoms with Gasteiger partial charge < -0.3 is 19.5 Å². The van der Waals surface area contributed by atoms with Crippen LogP contribution in [0.2, 0.25) is 0 Å². The number of hydrogen-bond donors (Lipinski definition) is 1. The highest BCUT2D eigenvalue weighted by Gasteiger charge is 2.35. The van der Waals surface area contributed by atoms with Crippen LogP contribution in [-0.4, -0.2) is 58.9 Å². The molecule has 0 bridgehead atoms. The Labute approximate surface area is 222 Å². The van der Waals surface area contributed by atoms with Crippen LogP contribution in [0, 0.1) is 5.82 Å². The largest absolute Gasteiger partial charge is 0.416 e. The topological polar surface area (TPSA) is 79.2 Å². The fraction of sp³-hybridized carbons (Fsp3) is 0.296. The Bertz CT molecular complexity index is 1340. The summed E-state index contributed by atoms with van der Waals surface area (Å²) in [6, 6.07) is 12.3. The number of hydrogen-bond acceptors (Lipinski definition) is 4. The maximum absolute atomic E-state index is 13.6. The van der Waals surface area contributed by atoms with Gasteiger partial charge in [-0.3, -0.25) is 4.79 Å². The average molecular weight is 546 g/mol. The molecule has 0 fully saturated rings. The number of anilines is 1. The second kappa shape index (κ2) is 11.7. The number of benzene rings is 2. The van der Waals surface area contributed by atoms with E-state index in [1.807, 2.05) is 29.9 Å². The van der Waals surface area contributed by atoms with E-state index in [4.69, 9.17) is 4.74 Å². The van der Waals surface area contributed by atoms with Crippen molar-refractivity contribution in [3.63, 3.8) is 0 Å². The zero-order valence-corrected chi connectivity index (χ0v) is 21.3. The van der Waals surface area contributed by atoms with Gasteiger partial charge in [-0.15, -0.1) is 0 Å². The van der Waals surface area contributed by atoms with Crippen molar-refractivity contribution in [3.05, 3.63) is 89.5 Å². The van der Waals surface area contributed by atoms with Gasteiger partial charge >= 0.3 is 12.2 Å². The van der Waals surface area contributed by atoms with Crippen molar-refractivity contribution < 1.29 is 31.9 Å². The molecule has 206 valence electrons. The van der Waals surface area contributed by atoms with Crippen molar-refractivity contribution in [2.24, 2.45) is 12.1 Å². The summed E-state index contributed by atoms with van der Waals surface area (Å²) in [7, 11) is 3.29. The molecule has 0 unspecified atom stereocenters. The molecule has 1 aliphatic rings. The van der Waals surface area contributed by atoms with Crippen molar-refractivity contribution in [3.8, 4) is 0 Å². The van der Waals surface area contributed by atoms with Crippen LogP contribution in [0.3, 0.4) is 0 Å². The number of halogens is 4. The normalized spacial score (nSPS) is 15.3. The SMILES string of the molecule is COCCN(CC(=O)N1N=C(c2cccn2C)C[C@@H]1c1ccc(F)cc1)C(=O)Nc1ccc(C(F)(F)F)cc1. The maximum atomic E-state index is 13.6. The Balaban J connectivity index is 1.55. The number of nitrogens with one attached hydrogen (secondary N) is 1. The lowest BCUT2D eigenvalue weighted by molar-refractivity contribution is -0.137. The zero-order valence-electron chi connectivity index (χ0n) is 21.3. The average Bonchev–Trinajstić information content (AvgIpc) is 3.53. The number of hydrazone groups is 1. The second-order valence-electron chi connectivity index (χ2n) is 8.98. The molecule has 3 aromatic rings. The Morgan fingerprint density at radius 3 is 2.38 bits per heavy atom. The number of rotatable bonds is 8. The maximum Gasteiger partial charge on any atom is 0.416 e. The van der Waals surface area contributed by atoms with Gasteiger partial charge in [-0.25, -0.2) is 14.2 Å². The van der Waals surface area contributed by atoms with Crippen molar-refractivity contribution >= 4 is 23.3 Å². The number of urea groups is 1. The van der Waals surface area contributed by atoms with E-state index in [2.05, 4.69) is 10.4 Å². The van der Waals surface area contributed by atoms with Crippen LogP contribution in [-0.2, 0) is 22.8 Å². The number of alkyl halides is 3. The van der Waals surface area contributed by atoms with E-state index in [0.717, 1.165) is 30.0 Å². The third-order valence-electron chi connectivity index (χ3n) is 6.30. The monoisotopic (exact) mass is 545 g/mol. The number of nitrogens with zero attached hydrogens (tertiary/aromatic N) is 4. The Hall–Kier alpha value is -4.19. The van der Waals surface area contributed by atoms with Crippen molar-refractivity contribution in [1.82, 2.24) is 14.5 Å².